The van der Waals surface area contributed by atoms with E-state index in [0.717, 1.165) is 7.11 Å². The fourth-order valence-electron chi connectivity index (χ4n) is 0.957. The zero-order valence-electron chi connectivity index (χ0n) is 9.24. The summed E-state index contributed by atoms with van der Waals surface area (Å²) in [5.41, 5.74) is 0. The lowest BCUT2D eigenvalue weighted by Gasteiger charge is -2.07. The lowest BCUT2D eigenvalue weighted by molar-refractivity contribution is -0.154. The Morgan fingerprint density at radius 3 is 2.33 bits per heavy atom. The number of carbonyl (C=O) groups is 3. The molecule has 0 aromatic rings. The van der Waals surface area contributed by atoms with E-state index in [2.05, 4.69) is 4.74 Å². The smallest absolute Gasteiger partial charge is 0.375 e. The number of ketones is 2. The van der Waals surface area contributed by atoms with Crippen LogP contribution in [-0.4, -0.2) is 37.9 Å². The van der Waals surface area contributed by atoms with Crippen molar-refractivity contribution in [2.45, 2.75) is 20.3 Å². The van der Waals surface area contributed by atoms with E-state index in [4.69, 9.17) is 4.74 Å². The van der Waals surface area contributed by atoms with Crippen molar-refractivity contribution in [1.82, 2.24) is 0 Å². The molecule has 0 aromatic carbocycles. The number of methoxy groups -OCH3 is 1. The molecule has 0 N–H and O–H groups in total. The van der Waals surface area contributed by atoms with Gasteiger partial charge in [0.25, 0.3) is 0 Å². The summed E-state index contributed by atoms with van der Waals surface area (Å²) in [6, 6.07) is 0. The Labute approximate surface area is 88.7 Å². The maximum absolute atomic E-state index is 11.4. The van der Waals surface area contributed by atoms with E-state index < -0.39 is 17.7 Å². The fraction of sp³-hybridized carbons (Fsp3) is 0.700. The fourth-order valence-corrected chi connectivity index (χ4v) is 0.957. The van der Waals surface area contributed by atoms with E-state index in [1.807, 2.05) is 6.92 Å². The Hall–Kier alpha value is -1.23. The number of esters is 1. The van der Waals surface area contributed by atoms with Gasteiger partial charge in [0.05, 0.1) is 19.6 Å². The summed E-state index contributed by atoms with van der Waals surface area (Å²) in [6.45, 7) is 4.00. The van der Waals surface area contributed by atoms with Gasteiger partial charge in [-0.15, -0.1) is 0 Å². The van der Waals surface area contributed by atoms with E-state index >= 15 is 0 Å². The van der Waals surface area contributed by atoms with E-state index in [1.165, 1.54) is 6.92 Å². The first-order valence-electron chi connectivity index (χ1n) is 4.77. The van der Waals surface area contributed by atoms with Gasteiger partial charge >= 0.3 is 5.97 Å². The first kappa shape index (κ1) is 13.8. The Morgan fingerprint density at radius 2 is 1.87 bits per heavy atom. The molecule has 5 heteroatoms. The van der Waals surface area contributed by atoms with Crippen LogP contribution in [0.1, 0.15) is 20.3 Å². The van der Waals surface area contributed by atoms with Crippen molar-refractivity contribution in [2.75, 3.05) is 20.3 Å². The normalized spacial score (nSPS) is 11.9. The molecule has 0 bridgehead atoms. The Bertz CT molecular complexity index is 246. The summed E-state index contributed by atoms with van der Waals surface area (Å²) in [5.74, 6) is -3.04. The zero-order valence-corrected chi connectivity index (χ0v) is 9.24. The standard InChI is InChI=1S/C10H16O5/c1-4-15-6-5-8(11)7(2)9(12)10(13)14-3/h7H,4-6H2,1-3H3. The molecule has 0 aliphatic heterocycles. The Balaban J connectivity index is 4.08. The molecule has 5 nitrogen and oxygen atoms in total. The van der Waals surface area contributed by atoms with Gasteiger partial charge in [0.1, 0.15) is 5.78 Å². The van der Waals surface area contributed by atoms with Gasteiger partial charge in [0.15, 0.2) is 0 Å². The molecule has 0 radical (unpaired) electrons. The molecule has 0 aromatic heterocycles. The summed E-state index contributed by atoms with van der Waals surface area (Å²) in [7, 11) is 1.11. The molecule has 0 aliphatic rings. The molecule has 0 saturated carbocycles. The average molecular weight is 216 g/mol. The van der Waals surface area contributed by atoms with Crippen molar-refractivity contribution in [3.05, 3.63) is 0 Å². The molecular weight excluding hydrogens is 200 g/mol. The SMILES string of the molecule is CCOCCC(=O)C(C)C(=O)C(=O)OC. The molecule has 0 spiro atoms. The molecule has 15 heavy (non-hydrogen) atoms. The Morgan fingerprint density at radius 1 is 1.27 bits per heavy atom. The van der Waals surface area contributed by atoms with E-state index in [9.17, 15) is 14.4 Å². The molecule has 1 unspecified atom stereocenters. The predicted octanol–water partition coefficient (Wildman–Crippen LogP) is 0.360. The highest BCUT2D eigenvalue weighted by Gasteiger charge is 2.27. The van der Waals surface area contributed by atoms with Crippen LogP contribution in [0.5, 0.6) is 0 Å². The summed E-state index contributed by atoms with van der Waals surface area (Å²) in [4.78, 5) is 33.4. The minimum atomic E-state index is -0.979. The summed E-state index contributed by atoms with van der Waals surface area (Å²) in [5, 5.41) is 0. The highest BCUT2D eigenvalue weighted by Crippen LogP contribution is 2.04. The van der Waals surface area contributed by atoms with Gasteiger partial charge in [-0.3, -0.25) is 9.59 Å². The van der Waals surface area contributed by atoms with Crippen molar-refractivity contribution < 1.29 is 23.9 Å². The molecule has 1 atom stereocenters. The lowest BCUT2D eigenvalue weighted by atomic mass is 9.99. The number of hydrogen-bond acceptors (Lipinski definition) is 5. The molecule has 0 rings (SSSR count). The third kappa shape index (κ3) is 4.69. The van der Waals surface area contributed by atoms with Crippen molar-refractivity contribution >= 4 is 17.5 Å². The van der Waals surface area contributed by atoms with Crippen molar-refractivity contribution in [2.24, 2.45) is 5.92 Å². The topological polar surface area (TPSA) is 69.7 Å². The number of carbonyl (C=O) groups excluding carboxylic acids is 3. The van der Waals surface area contributed by atoms with Crippen LogP contribution >= 0.6 is 0 Å². The van der Waals surface area contributed by atoms with Crippen LogP contribution in [0, 0.1) is 5.92 Å². The highest BCUT2D eigenvalue weighted by atomic mass is 16.5. The van der Waals surface area contributed by atoms with Crippen LogP contribution in [0.2, 0.25) is 0 Å². The van der Waals surface area contributed by atoms with Crippen LogP contribution in [-0.2, 0) is 23.9 Å². The van der Waals surface area contributed by atoms with Crippen LogP contribution < -0.4 is 0 Å². The molecule has 0 amide bonds. The van der Waals surface area contributed by atoms with Gasteiger partial charge in [0, 0.05) is 13.0 Å². The minimum Gasteiger partial charge on any atom is -0.463 e. The number of hydrogen-bond donors (Lipinski definition) is 0. The second-order valence-corrected chi connectivity index (χ2v) is 2.99. The van der Waals surface area contributed by atoms with E-state index in [1.54, 1.807) is 0 Å². The highest BCUT2D eigenvalue weighted by molar-refractivity contribution is 6.38. The maximum Gasteiger partial charge on any atom is 0.375 e. The summed E-state index contributed by atoms with van der Waals surface area (Å²) >= 11 is 0. The Kier molecular flexibility index (Phi) is 6.53. The molecule has 0 fully saturated rings. The minimum absolute atomic E-state index is 0.137. The van der Waals surface area contributed by atoms with Crippen LogP contribution in [0.25, 0.3) is 0 Å². The predicted molar refractivity (Wildman–Crippen MR) is 52.3 cm³/mol. The number of ether oxygens (including phenoxy) is 2. The molecule has 86 valence electrons. The van der Waals surface area contributed by atoms with Crippen LogP contribution in [0.3, 0.4) is 0 Å². The van der Waals surface area contributed by atoms with Crippen LogP contribution in [0.4, 0.5) is 0 Å². The monoisotopic (exact) mass is 216 g/mol. The summed E-state index contributed by atoms with van der Waals surface area (Å²) in [6.07, 6.45) is 0.137. The number of rotatable bonds is 7. The third-order valence-electron chi connectivity index (χ3n) is 1.96. The molecule has 0 aliphatic carbocycles. The van der Waals surface area contributed by atoms with Gasteiger partial charge < -0.3 is 9.47 Å². The second kappa shape index (κ2) is 7.11. The largest absolute Gasteiger partial charge is 0.463 e. The molecule has 0 saturated heterocycles. The number of Topliss-reactive ketones (excluding diaryl/α,β-unsaturated/α-hetero) is 2. The van der Waals surface area contributed by atoms with Gasteiger partial charge in [0.2, 0.25) is 5.78 Å². The van der Waals surface area contributed by atoms with Crippen LogP contribution in [0.15, 0.2) is 0 Å². The van der Waals surface area contributed by atoms with E-state index in [-0.39, 0.29) is 18.8 Å². The van der Waals surface area contributed by atoms with Crippen molar-refractivity contribution in [3.63, 3.8) is 0 Å². The lowest BCUT2D eigenvalue weighted by Crippen LogP contribution is -2.29. The van der Waals surface area contributed by atoms with Crippen molar-refractivity contribution in [3.8, 4) is 0 Å². The van der Waals surface area contributed by atoms with Gasteiger partial charge in [-0.25, -0.2) is 4.79 Å². The first-order chi connectivity index (χ1) is 7.04. The maximum atomic E-state index is 11.4. The van der Waals surface area contributed by atoms with Crippen molar-refractivity contribution in [1.29, 1.82) is 0 Å². The zero-order chi connectivity index (χ0) is 11.8. The second-order valence-electron chi connectivity index (χ2n) is 2.99. The van der Waals surface area contributed by atoms with Gasteiger partial charge in [-0.1, -0.05) is 0 Å². The van der Waals surface area contributed by atoms with Gasteiger partial charge in [-0.05, 0) is 13.8 Å². The first-order valence-corrected chi connectivity index (χ1v) is 4.77. The third-order valence-corrected chi connectivity index (χ3v) is 1.96. The average Bonchev–Trinajstić information content (AvgIpc) is 2.26. The molecule has 0 heterocycles. The van der Waals surface area contributed by atoms with Gasteiger partial charge in [-0.2, -0.15) is 0 Å². The summed E-state index contributed by atoms with van der Waals surface area (Å²) < 4.78 is 9.21. The quantitative estimate of drug-likeness (QED) is 0.266. The van der Waals surface area contributed by atoms with E-state index in [0.29, 0.717) is 6.61 Å². The molecular formula is C10H16O5.